The molecule has 0 bridgehead atoms. The Hall–Kier alpha value is -3.20. The predicted octanol–water partition coefficient (Wildman–Crippen LogP) is 1.32. The number of benzene rings is 1. The second kappa shape index (κ2) is 8.50. The van der Waals surface area contributed by atoms with E-state index in [1.54, 1.807) is 6.33 Å². The van der Waals surface area contributed by atoms with Gasteiger partial charge < -0.3 is 24.0 Å². The monoisotopic (exact) mass is 421 g/mol. The molecule has 1 amide bonds. The molecule has 4 heterocycles. The Morgan fingerprint density at radius 1 is 1.00 bits per heavy atom. The third kappa shape index (κ3) is 4.18. The van der Waals surface area contributed by atoms with Crippen molar-refractivity contribution < 1.29 is 9.53 Å². The first-order valence-corrected chi connectivity index (χ1v) is 10.8. The topological polar surface area (TPSA) is 79.6 Å². The van der Waals surface area contributed by atoms with Crippen molar-refractivity contribution in [2.75, 3.05) is 62.3 Å². The van der Waals surface area contributed by atoms with Crippen LogP contribution in [0, 0.1) is 6.92 Å². The smallest absolute Gasteiger partial charge is 0.242 e. The Balaban J connectivity index is 1.23. The summed E-state index contributed by atoms with van der Waals surface area (Å²) in [6.07, 6.45) is 1.75. The number of carbonyl (C=O) groups is 1. The van der Waals surface area contributed by atoms with E-state index in [0.717, 1.165) is 54.7 Å². The van der Waals surface area contributed by atoms with Gasteiger partial charge in [0.15, 0.2) is 0 Å². The number of nitrogens with zero attached hydrogens (tertiary/aromatic N) is 7. The van der Waals surface area contributed by atoms with E-state index in [2.05, 4.69) is 19.8 Å². The molecule has 5 rings (SSSR count). The average molecular weight is 422 g/mol. The van der Waals surface area contributed by atoms with Gasteiger partial charge in [-0.05, 0) is 19.1 Å². The number of hydrogen-bond acceptors (Lipinski definition) is 7. The summed E-state index contributed by atoms with van der Waals surface area (Å²) < 4.78 is 7.37. The molecule has 9 nitrogen and oxygen atoms in total. The first-order valence-electron chi connectivity index (χ1n) is 10.8. The maximum absolute atomic E-state index is 12.9. The summed E-state index contributed by atoms with van der Waals surface area (Å²) in [4.78, 5) is 33.1. The molecular formula is C22H27N7O2. The van der Waals surface area contributed by atoms with Crippen LogP contribution in [0.3, 0.4) is 0 Å². The van der Waals surface area contributed by atoms with Gasteiger partial charge in [-0.15, -0.1) is 0 Å². The summed E-state index contributed by atoms with van der Waals surface area (Å²) in [6.45, 7) is 8.24. The van der Waals surface area contributed by atoms with Gasteiger partial charge in [-0.1, -0.05) is 12.1 Å². The first kappa shape index (κ1) is 19.7. The number of hydrogen-bond donors (Lipinski definition) is 0. The zero-order valence-electron chi connectivity index (χ0n) is 17.8. The predicted molar refractivity (Wildman–Crippen MR) is 118 cm³/mol. The van der Waals surface area contributed by atoms with Crippen molar-refractivity contribution in [3.63, 3.8) is 0 Å². The number of morpholine rings is 1. The van der Waals surface area contributed by atoms with Crippen LogP contribution in [-0.4, -0.2) is 82.8 Å². The van der Waals surface area contributed by atoms with Gasteiger partial charge in [-0.2, -0.15) is 4.98 Å². The van der Waals surface area contributed by atoms with Gasteiger partial charge >= 0.3 is 0 Å². The van der Waals surface area contributed by atoms with Crippen LogP contribution in [-0.2, 0) is 16.1 Å². The highest BCUT2D eigenvalue weighted by molar-refractivity contribution is 5.80. The molecule has 2 aliphatic rings. The number of piperazine rings is 1. The van der Waals surface area contributed by atoms with E-state index in [-0.39, 0.29) is 5.91 Å². The fraction of sp³-hybridized carbons (Fsp3) is 0.455. The van der Waals surface area contributed by atoms with Gasteiger partial charge in [-0.3, -0.25) is 4.79 Å². The summed E-state index contributed by atoms with van der Waals surface area (Å²) in [5.74, 6) is 1.82. The Bertz CT molecular complexity index is 1070. The molecule has 0 atom stereocenters. The maximum Gasteiger partial charge on any atom is 0.242 e. The molecule has 2 aliphatic heterocycles. The molecule has 0 N–H and O–H groups in total. The van der Waals surface area contributed by atoms with Crippen molar-refractivity contribution in [1.82, 2.24) is 24.4 Å². The number of carbonyl (C=O) groups excluding carboxylic acids is 1. The number of anilines is 2. The molecule has 1 aromatic carbocycles. The summed E-state index contributed by atoms with van der Waals surface area (Å²) in [7, 11) is 0. The summed E-state index contributed by atoms with van der Waals surface area (Å²) >= 11 is 0. The molecule has 2 fully saturated rings. The Morgan fingerprint density at radius 3 is 2.58 bits per heavy atom. The lowest BCUT2D eigenvalue weighted by atomic mass is 10.3. The maximum atomic E-state index is 12.9. The standard InChI is InChI=1S/C22H27N7O2/c1-17-14-20(25-22(24-17)28-10-12-31-13-11-28)26-6-8-27(9-7-26)21(30)15-29-16-23-18-4-2-3-5-19(18)29/h2-5,14,16H,6-13,15H2,1H3. The number of imidazole rings is 1. The number of fused-ring (bicyclic) bond motifs is 1. The van der Waals surface area contributed by atoms with E-state index in [1.165, 1.54) is 0 Å². The van der Waals surface area contributed by atoms with Crippen molar-refractivity contribution in [3.05, 3.63) is 42.4 Å². The third-order valence-electron chi connectivity index (χ3n) is 5.91. The van der Waals surface area contributed by atoms with Crippen LogP contribution in [0.2, 0.25) is 0 Å². The van der Waals surface area contributed by atoms with E-state index in [9.17, 15) is 4.79 Å². The van der Waals surface area contributed by atoms with Gasteiger partial charge in [0.2, 0.25) is 11.9 Å². The van der Waals surface area contributed by atoms with Crippen LogP contribution in [0.4, 0.5) is 11.8 Å². The van der Waals surface area contributed by atoms with Crippen molar-refractivity contribution in [2.24, 2.45) is 0 Å². The van der Waals surface area contributed by atoms with Gasteiger partial charge in [0, 0.05) is 51.0 Å². The van der Waals surface area contributed by atoms with E-state index in [1.807, 2.05) is 46.7 Å². The summed E-state index contributed by atoms with van der Waals surface area (Å²) in [6, 6.07) is 9.92. The lowest BCUT2D eigenvalue weighted by molar-refractivity contribution is -0.132. The molecule has 0 spiro atoms. The largest absolute Gasteiger partial charge is 0.378 e. The zero-order valence-corrected chi connectivity index (χ0v) is 17.8. The quantitative estimate of drug-likeness (QED) is 0.629. The first-order chi connectivity index (χ1) is 15.2. The van der Waals surface area contributed by atoms with Crippen LogP contribution in [0.15, 0.2) is 36.7 Å². The number of aromatic nitrogens is 4. The SMILES string of the molecule is Cc1cc(N2CCN(C(=O)Cn3cnc4ccccc43)CC2)nc(N2CCOCC2)n1. The second-order valence-corrected chi connectivity index (χ2v) is 8.00. The third-order valence-corrected chi connectivity index (χ3v) is 5.91. The van der Waals surface area contributed by atoms with Gasteiger partial charge in [0.25, 0.3) is 0 Å². The second-order valence-electron chi connectivity index (χ2n) is 8.00. The molecule has 31 heavy (non-hydrogen) atoms. The van der Waals surface area contributed by atoms with Gasteiger partial charge in [0.05, 0.1) is 30.6 Å². The normalized spacial score (nSPS) is 17.4. The highest BCUT2D eigenvalue weighted by Gasteiger charge is 2.24. The van der Waals surface area contributed by atoms with Crippen LogP contribution >= 0.6 is 0 Å². The van der Waals surface area contributed by atoms with Crippen molar-refractivity contribution in [1.29, 1.82) is 0 Å². The molecule has 0 aliphatic carbocycles. The summed E-state index contributed by atoms with van der Waals surface area (Å²) in [5.41, 5.74) is 2.86. The van der Waals surface area contributed by atoms with Crippen LogP contribution in [0.25, 0.3) is 11.0 Å². The van der Waals surface area contributed by atoms with Gasteiger partial charge in [0.1, 0.15) is 12.4 Å². The number of para-hydroxylation sites is 2. The lowest BCUT2D eigenvalue weighted by Gasteiger charge is -2.36. The molecular weight excluding hydrogens is 394 g/mol. The Morgan fingerprint density at radius 2 is 1.77 bits per heavy atom. The van der Waals surface area contributed by atoms with E-state index in [4.69, 9.17) is 9.72 Å². The van der Waals surface area contributed by atoms with Crippen molar-refractivity contribution >= 4 is 28.7 Å². The fourth-order valence-electron chi connectivity index (χ4n) is 4.17. The van der Waals surface area contributed by atoms with E-state index in [0.29, 0.717) is 32.8 Å². The zero-order chi connectivity index (χ0) is 21.2. The highest BCUT2D eigenvalue weighted by atomic mass is 16.5. The molecule has 0 unspecified atom stereocenters. The number of ether oxygens (including phenoxy) is 1. The molecule has 9 heteroatoms. The molecule has 0 saturated carbocycles. The summed E-state index contributed by atoms with van der Waals surface area (Å²) in [5, 5.41) is 0. The average Bonchev–Trinajstić information content (AvgIpc) is 3.22. The minimum Gasteiger partial charge on any atom is -0.378 e. The van der Waals surface area contributed by atoms with Crippen LogP contribution < -0.4 is 9.80 Å². The van der Waals surface area contributed by atoms with E-state index >= 15 is 0 Å². The highest BCUT2D eigenvalue weighted by Crippen LogP contribution is 2.20. The molecule has 2 saturated heterocycles. The fourth-order valence-corrected chi connectivity index (χ4v) is 4.17. The molecule has 3 aromatic rings. The van der Waals surface area contributed by atoms with E-state index < -0.39 is 0 Å². The minimum atomic E-state index is 0.121. The molecule has 2 aromatic heterocycles. The lowest BCUT2D eigenvalue weighted by Crippen LogP contribution is -2.50. The number of rotatable bonds is 4. The molecule has 162 valence electrons. The van der Waals surface area contributed by atoms with Crippen molar-refractivity contribution in [2.45, 2.75) is 13.5 Å². The van der Waals surface area contributed by atoms with Crippen molar-refractivity contribution in [3.8, 4) is 0 Å². The number of aryl methyl sites for hydroxylation is 1. The molecule has 0 radical (unpaired) electrons. The Labute approximate surface area is 181 Å². The minimum absolute atomic E-state index is 0.121. The van der Waals surface area contributed by atoms with Crippen LogP contribution in [0.1, 0.15) is 5.69 Å². The van der Waals surface area contributed by atoms with Crippen LogP contribution in [0.5, 0.6) is 0 Å². The Kier molecular flexibility index (Phi) is 5.42. The number of amides is 1. The van der Waals surface area contributed by atoms with Gasteiger partial charge in [-0.25, -0.2) is 9.97 Å².